The van der Waals surface area contributed by atoms with Gasteiger partial charge < -0.3 is 0 Å². The van der Waals surface area contributed by atoms with Crippen LogP contribution in [0.25, 0.3) is 32.3 Å². The maximum Gasteiger partial charge on any atom is 0.0791 e. The second-order valence-electron chi connectivity index (χ2n) is 18.6. The van der Waals surface area contributed by atoms with Crippen molar-refractivity contribution in [2.24, 2.45) is 0 Å². The van der Waals surface area contributed by atoms with Crippen molar-refractivity contribution in [1.29, 1.82) is 0 Å². The molecule has 9 aromatic heterocycles. The molecule has 578 valence electrons. The molecule has 0 fully saturated rings. The van der Waals surface area contributed by atoms with E-state index >= 15 is 0 Å². The van der Waals surface area contributed by atoms with Gasteiger partial charge in [0.25, 0.3) is 0 Å². The molecule has 1 aliphatic carbocycles. The minimum Gasteiger partial charge on any atom is -0.265 e. The van der Waals surface area contributed by atoms with Crippen LogP contribution in [0.5, 0.6) is 0 Å². The molecule has 18 rings (SSSR count). The van der Waals surface area contributed by atoms with Crippen LogP contribution in [0.3, 0.4) is 0 Å². The maximum atomic E-state index is 3.78. The van der Waals surface area contributed by atoms with E-state index in [0.29, 0.717) is 0 Å². The third-order valence-electron chi connectivity index (χ3n) is 11.4. The van der Waals surface area contributed by atoms with Crippen molar-refractivity contribution in [3.8, 4) is 0 Å². The molecule has 42 heteroatoms. The Morgan fingerprint density at radius 3 is 0.352 bits per heavy atom. The van der Waals surface area contributed by atoms with Crippen LogP contribution in [-0.2, 0) is 981 Å². The van der Waals surface area contributed by atoms with Crippen LogP contribution in [-0.4, -0.2) is 44.9 Å². The Morgan fingerprint density at radius 1 is 0.133 bits per heavy atom. The van der Waals surface area contributed by atoms with Crippen LogP contribution >= 0.6 is 34.0 Å². The number of thiophene rings is 1. The van der Waals surface area contributed by atoms with Crippen LogP contribution in [0.4, 0.5) is 0 Å². The monoisotopic (exact) mass is 4000 g/mol. The Balaban J connectivity index is -0.0000000338. The fraction of sp³-hybridized carbons (Fsp3) is 0.0116. The number of aromatic nitrogens is 9. The Morgan fingerprint density at radius 2 is 0.281 bits per heavy atom. The summed E-state index contributed by atoms with van der Waals surface area (Å²) < 4.78 is 0. The van der Waals surface area contributed by atoms with Crippen LogP contribution in [0, 0.1) is 0 Å². The Labute approximate surface area is 1530 Å². The molecular weight excluding hydrogens is 3920 g/mol. The summed E-state index contributed by atoms with van der Waals surface area (Å²) in [5, 5.41) is 15.8. The predicted octanol–water partition coefficient (Wildman–Crippen LogP) is 23.2. The number of pyridine rings is 5. The van der Waals surface area contributed by atoms with Gasteiger partial charge in [-0.1, -0.05) is 285 Å². The van der Waals surface area contributed by atoms with Crippen molar-refractivity contribution >= 4 is 66.3 Å². The van der Waals surface area contributed by atoms with E-state index in [0.717, 1.165) is 6.42 Å². The average Bonchev–Trinajstić information content (AvgIpc) is 1.31. The smallest absolute Gasteiger partial charge is 0.0791 e. The van der Waals surface area contributed by atoms with E-state index < -0.39 is 0 Å². The minimum atomic E-state index is 0. The molecule has 17 aromatic rings. The van der Waals surface area contributed by atoms with E-state index in [1.54, 1.807) is 144 Å². The summed E-state index contributed by atoms with van der Waals surface area (Å²) in [6, 6.07) is 107. The van der Waals surface area contributed by atoms with Gasteiger partial charge in [-0.3, -0.25) is 44.9 Å². The molecular formula is C86H81N9S3Y30. The van der Waals surface area contributed by atoms with Crippen molar-refractivity contribution in [1.82, 2.24) is 44.9 Å². The van der Waals surface area contributed by atoms with Gasteiger partial charge in [-0.25, -0.2) is 0 Å². The topological polar surface area (TPSA) is 116 Å². The van der Waals surface area contributed by atoms with E-state index in [-0.39, 0.29) is 981 Å². The van der Waals surface area contributed by atoms with Gasteiger partial charge in [0.05, 0.1) is 11.0 Å². The first kappa shape index (κ1) is 219. The number of rotatable bonds is 0. The predicted molar refractivity (Wildman–Crippen MR) is 419 cm³/mol. The normalized spacial score (nSPS) is 6.97. The molecule has 30 radical (unpaired) electrons. The van der Waals surface area contributed by atoms with Gasteiger partial charge in [0.2, 0.25) is 0 Å². The van der Waals surface area contributed by atoms with E-state index in [9.17, 15) is 0 Å². The fourth-order valence-electron chi connectivity index (χ4n) is 6.96. The zero-order valence-electron chi connectivity index (χ0n) is 71.9. The molecule has 0 spiro atoms. The first-order valence-electron chi connectivity index (χ1n) is 31.1. The van der Waals surface area contributed by atoms with Crippen LogP contribution in [0.15, 0.2) is 478 Å². The molecule has 8 aromatic carbocycles. The van der Waals surface area contributed by atoms with Crippen molar-refractivity contribution in [2.75, 3.05) is 0 Å². The first-order valence-corrected chi connectivity index (χ1v) is 33.9. The Hall–Kier alpha value is 20.9. The number of nitrogens with zero attached hydrogens (tertiary/aromatic N) is 9. The van der Waals surface area contributed by atoms with Gasteiger partial charge in [0.1, 0.15) is 0 Å². The second-order valence-corrected chi connectivity index (χ2v) is 20.9. The summed E-state index contributed by atoms with van der Waals surface area (Å²) in [7, 11) is 0. The van der Waals surface area contributed by atoms with E-state index in [2.05, 4.69) is 215 Å². The number of allylic oxidation sites excluding steroid dienone is 4. The number of fused-ring (bicyclic) bond motifs is 3. The molecule has 0 unspecified atom stereocenters. The standard InChI is InChI=1S/3C10H8.2C6H6.5C5H5N.C5H6.C4H4N2.C4H4S.2C3H3NS.30Y/c3*1-2-6-10-8-4-3-7-9(10)5-1;7*1-2-4-6-5-3-1;1-2-4-5-3-1;1-2-6-4-3-5-1;1-2-4-5-3-1;2*1-2-5-3-4-1;;;;;;;;;;;;;;;;;;;;;;;;;;;;;;/h3*1-8H;2*1-6H;5*1-5H;1-4H,5H2;1-4H;1-4H;2*1-3H;;;;;;;;;;;;;;;;;;;;;;;;;;;;;;. The maximum absolute atomic E-state index is 3.78. The molecule has 0 atom stereocenters. The molecule has 0 bridgehead atoms. The summed E-state index contributed by atoms with van der Waals surface area (Å²) in [6.07, 6.45) is 37.1. The molecule has 9 heterocycles. The molecule has 0 aliphatic heterocycles. The summed E-state index contributed by atoms with van der Waals surface area (Å²) in [5.74, 6) is 0. The van der Waals surface area contributed by atoms with E-state index in [4.69, 9.17) is 0 Å². The minimum absolute atomic E-state index is 0. The SMILES string of the molecule is C1=CCC=C1.[Y].[Y].[Y].[Y].[Y].[Y].[Y].[Y].[Y].[Y].[Y].[Y].[Y].[Y].[Y].[Y].[Y].[Y].[Y].[Y].[Y].[Y].[Y].[Y].[Y].[Y].[Y].[Y].[Y].[Y].c1ccc2ccccc2c1.c1ccc2ccccc2c1.c1ccc2ccccc2c1.c1ccccc1.c1ccccc1.c1ccncc1.c1ccncc1.c1ccncc1.c1ccncc1.c1ccncc1.c1ccsc1.c1cnccn1.c1cscn1.c1cscn1. The van der Waals surface area contributed by atoms with Crippen molar-refractivity contribution < 1.29 is 981 Å². The zero-order valence-corrected chi connectivity index (χ0v) is 159. The van der Waals surface area contributed by atoms with Crippen molar-refractivity contribution in [3.63, 3.8) is 0 Å². The summed E-state index contributed by atoms with van der Waals surface area (Å²) in [6.45, 7) is 0. The van der Waals surface area contributed by atoms with Gasteiger partial charge in [0, 0.05) is 1090 Å². The van der Waals surface area contributed by atoms with Gasteiger partial charge in [-0.05, 0) is 110 Å². The third-order valence-corrected chi connectivity index (χ3v) is 13.1. The van der Waals surface area contributed by atoms with Gasteiger partial charge in [-0.2, -0.15) is 11.3 Å². The third kappa shape index (κ3) is 153. The quantitative estimate of drug-likeness (QED) is 0.146. The molecule has 9 nitrogen and oxygen atoms in total. The summed E-state index contributed by atoms with van der Waals surface area (Å²) >= 11 is 4.92. The van der Waals surface area contributed by atoms with Crippen molar-refractivity contribution in [3.05, 3.63) is 478 Å². The number of thiazole rings is 2. The van der Waals surface area contributed by atoms with Crippen LogP contribution < -0.4 is 0 Å². The van der Waals surface area contributed by atoms with Gasteiger partial charge in [0.15, 0.2) is 0 Å². The zero-order chi connectivity index (χ0) is 68.5. The fourth-order valence-corrected chi connectivity index (χ4v) is 8.11. The number of hydrogen-bond acceptors (Lipinski definition) is 12. The molecule has 0 N–H and O–H groups in total. The summed E-state index contributed by atoms with van der Waals surface area (Å²) in [4.78, 5) is 33.8. The number of hydrogen-bond donors (Lipinski definition) is 0. The first-order chi connectivity index (χ1) is 48.9. The summed E-state index contributed by atoms with van der Waals surface area (Å²) in [5.41, 5.74) is 3.58. The van der Waals surface area contributed by atoms with Crippen LogP contribution in [0.1, 0.15) is 6.42 Å². The molecule has 0 amide bonds. The largest absolute Gasteiger partial charge is 0.265 e. The van der Waals surface area contributed by atoms with E-state index in [1.165, 1.54) is 32.3 Å². The molecule has 0 saturated heterocycles. The number of benzene rings is 8. The second kappa shape index (κ2) is 186. The molecule has 0 saturated carbocycles. The van der Waals surface area contributed by atoms with Crippen molar-refractivity contribution in [2.45, 2.75) is 6.42 Å². The van der Waals surface area contributed by atoms with Gasteiger partial charge >= 0.3 is 0 Å². The molecule has 1 aliphatic rings. The van der Waals surface area contributed by atoms with E-state index in [1.807, 2.05) is 197 Å². The van der Waals surface area contributed by atoms with Gasteiger partial charge in [-0.15, -0.1) is 22.7 Å². The van der Waals surface area contributed by atoms with Crippen LogP contribution in [0.2, 0.25) is 0 Å². The Bertz CT molecular complexity index is 3310. The Kier molecular flexibility index (Phi) is 319. The average molecular weight is 4000 g/mol. The molecule has 128 heavy (non-hydrogen) atoms.